The van der Waals surface area contributed by atoms with E-state index >= 15 is 0 Å². The van der Waals surface area contributed by atoms with E-state index in [9.17, 15) is 0 Å². The van der Waals surface area contributed by atoms with Gasteiger partial charge in [-0.05, 0) is 125 Å². The molecule has 0 spiro atoms. The van der Waals surface area contributed by atoms with E-state index in [1.54, 1.807) is 0 Å². The summed E-state index contributed by atoms with van der Waals surface area (Å²) >= 11 is 7.75. The Hall–Kier alpha value is -3.68. The van der Waals surface area contributed by atoms with E-state index in [0.29, 0.717) is 0 Å². The molecule has 0 saturated carbocycles. The van der Waals surface area contributed by atoms with Crippen LogP contribution >= 0.6 is 45.3 Å². The van der Waals surface area contributed by atoms with Gasteiger partial charge in [-0.1, -0.05) is 143 Å². The smallest absolute Gasteiger partial charge is 0.0909 e. The van der Waals surface area contributed by atoms with Crippen LogP contribution in [0.25, 0.3) is 74.1 Å². The second-order valence-corrected chi connectivity index (χ2v) is 19.5. The van der Waals surface area contributed by atoms with Gasteiger partial charge in [0, 0.05) is 90.3 Å². The van der Waals surface area contributed by atoms with Gasteiger partial charge in [-0.3, -0.25) is 0 Å². The lowest BCUT2D eigenvalue weighted by Gasteiger charge is -2.26. The van der Waals surface area contributed by atoms with Crippen LogP contribution in [0.5, 0.6) is 0 Å². The molecule has 0 radical (unpaired) electrons. The average molecular weight is 954 g/mol. The van der Waals surface area contributed by atoms with E-state index in [1.807, 2.05) is 115 Å². The first kappa shape index (κ1) is 59.3. The fraction of sp³-hybridized carbons (Fsp3) is 0.458. The standard InChI is InChI=1S/C43H42N2S4.2C3H8.5C2H6/c1-9-25-20-29-38-30(21-25)41(35-17-14-28(11-3)48-35)43(36-18-19-37(49-36)45(7)8)32-23-26(44(5)6)22-31(39(32)38)42(33-15-12-24(4)46-33)40(29)34-16-13-27(10-2)47-34;2*1-3-2;5*1-2/h12-23H,9-11H2,1-8H3;2*3H2,1-2H3;5*1-2H3. The third-order valence-electron chi connectivity index (χ3n) is 9.85. The normalized spacial score (nSPS) is 10.0. The summed E-state index contributed by atoms with van der Waals surface area (Å²) in [6.45, 7) is 37.6. The van der Waals surface area contributed by atoms with E-state index in [-0.39, 0.29) is 0 Å². The fourth-order valence-corrected chi connectivity index (χ4v) is 11.3. The molecule has 0 N–H and O–H groups in total. The number of benzene rings is 4. The van der Waals surface area contributed by atoms with Crippen molar-refractivity contribution in [3.8, 4) is 41.8 Å². The fourth-order valence-electron chi connectivity index (χ4n) is 7.36. The third kappa shape index (κ3) is 13.7. The first-order valence-electron chi connectivity index (χ1n) is 25.1. The first-order chi connectivity index (χ1) is 31.5. The molecule has 0 saturated heterocycles. The number of hydrogen-bond acceptors (Lipinski definition) is 6. The molecule has 8 rings (SSSR count). The van der Waals surface area contributed by atoms with Crippen molar-refractivity contribution >= 4 is 88.4 Å². The van der Waals surface area contributed by atoms with Crippen LogP contribution in [0.2, 0.25) is 0 Å². The lowest BCUT2D eigenvalue weighted by Crippen LogP contribution is -2.09. The van der Waals surface area contributed by atoms with Crippen molar-refractivity contribution in [3.63, 3.8) is 0 Å². The van der Waals surface area contributed by atoms with E-state index in [0.717, 1.165) is 19.3 Å². The lowest BCUT2D eigenvalue weighted by atomic mass is 9.80. The molecule has 0 aliphatic rings. The Kier molecular flexibility index (Phi) is 27.9. The molecule has 8 aromatic rings. The molecular formula is C59H88N2S4. The Balaban J connectivity index is 0.00000118. The number of rotatable bonds is 9. The van der Waals surface area contributed by atoms with Crippen LogP contribution in [0.4, 0.5) is 10.7 Å². The highest BCUT2D eigenvalue weighted by atomic mass is 32.1. The summed E-state index contributed by atoms with van der Waals surface area (Å²) in [5.41, 5.74) is 8.14. The molecule has 0 aliphatic heterocycles. The van der Waals surface area contributed by atoms with Crippen molar-refractivity contribution in [1.82, 2.24) is 0 Å². The average Bonchev–Trinajstić information content (AvgIpc) is 4.19. The van der Waals surface area contributed by atoms with Crippen LogP contribution in [0, 0.1) is 6.92 Å². The van der Waals surface area contributed by atoms with Gasteiger partial charge in [0.1, 0.15) is 0 Å². The molecule has 0 amide bonds. The van der Waals surface area contributed by atoms with Crippen molar-refractivity contribution in [2.75, 3.05) is 38.0 Å². The number of thiophene rings is 4. The Morgan fingerprint density at radius 2 is 0.723 bits per heavy atom. The lowest BCUT2D eigenvalue weighted by molar-refractivity contribution is 1.09. The van der Waals surface area contributed by atoms with Gasteiger partial charge in [-0.25, -0.2) is 0 Å². The molecule has 4 aromatic carbocycles. The molecule has 2 nitrogen and oxygen atoms in total. The first-order valence-corrected chi connectivity index (χ1v) is 28.3. The van der Waals surface area contributed by atoms with Gasteiger partial charge in [0.05, 0.1) is 5.00 Å². The van der Waals surface area contributed by atoms with Crippen molar-refractivity contribution < 1.29 is 0 Å². The van der Waals surface area contributed by atoms with Crippen LogP contribution < -0.4 is 9.80 Å². The SMILES string of the molecule is CC.CC.CC.CC.CC.CCC.CCC.CCc1cc2c(-c3ccc(CC)s3)c(-c3ccc(C)s3)c3cc(N(C)C)cc4c(-c5ccc(N(C)C)s5)c(-c5ccc(CC)s5)c(c1)c2c34. The van der Waals surface area contributed by atoms with Gasteiger partial charge in [0.25, 0.3) is 0 Å². The quantitative estimate of drug-likeness (QED) is 0.133. The van der Waals surface area contributed by atoms with Crippen molar-refractivity contribution in [3.05, 3.63) is 93.0 Å². The summed E-state index contributed by atoms with van der Waals surface area (Å²) in [6.07, 6.45) is 5.58. The van der Waals surface area contributed by atoms with Gasteiger partial charge in [0.15, 0.2) is 0 Å². The van der Waals surface area contributed by atoms with Crippen LogP contribution in [0.3, 0.4) is 0 Å². The van der Waals surface area contributed by atoms with E-state index < -0.39 is 0 Å². The predicted octanol–water partition coefficient (Wildman–Crippen LogP) is 21.6. The molecule has 0 unspecified atom stereocenters. The highest BCUT2D eigenvalue weighted by Crippen LogP contribution is 2.57. The molecule has 0 aliphatic carbocycles. The minimum absolute atomic E-state index is 0.988. The second kappa shape index (κ2) is 30.6. The summed E-state index contributed by atoms with van der Waals surface area (Å²) < 4.78 is 0. The Bertz CT molecular complexity index is 2520. The topological polar surface area (TPSA) is 6.48 Å². The second-order valence-electron chi connectivity index (χ2n) is 14.8. The van der Waals surface area contributed by atoms with Gasteiger partial charge >= 0.3 is 0 Å². The molecule has 6 heteroatoms. The van der Waals surface area contributed by atoms with Gasteiger partial charge in [-0.2, -0.15) is 0 Å². The van der Waals surface area contributed by atoms with Crippen LogP contribution in [0.15, 0.2) is 72.8 Å². The molecule has 0 fully saturated rings. The van der Waals surface area contributed by atoms with Crippen LogP contribution in [-0.4, -0.2) is 28.2 Å². The minimum Gasteiger partial charge on any atom is -0.378 e. The number of hydrogen-bond donors (Lipinski definition) is 0. The predicted molar refractivity (Wildman–Crippen MR) is 314 cm³/mol. The summed E-state index contributed by atoms with van der Waals surface area (Å²) in [5, 5.41) is 9.53. The summed E-state index contributed by atoms with van der Waals surface area (Å²) in [4.78, 5) is 14.1. The highest BCUT2D eigenvalue weighted by Gasteiger charge is 2.28. The Labute approximate surface area is 415 Å². The van der Waals surface area contributed by atoms with E-state index in [2.05, 4.69) is 166 Å². The highest BCUT2D eigenvalue weighted by molar-refractivity contribution is 7.20. The van der Waals surface area contributed by atoms with Gasteiger partial charge < -0.3 is 9.80 Å². The van der Waals surface area contributed by atoms with Crippen molar-refractivity contribution in [2.45, 2.75) is 157 Å². The van der Waals surface area contributed by atoms with Crippen LogP contribution in [-0.2, 0) is 19.3 Å². The summed E-state index contributed by atoms with van der Waals surface area (Å²) in [7, 11) is 8.67. The number of anilines is 2. The maximum absolute atomic E-state index is 2.52. The maximum atomic E-state index is 2.52. The number of aryl methyl sites for hydroxylation is 4. The summed E-state index contributed by atoms with van der Waals surface area (Å²) in [6, 6.07) is 28.8. The van der Waals surface area contributed by atoms with Gasteiger partial charge in [0.2, 0.25) is 0 Å². The van der Waals surface area contributed by atoms with Gasteiger partial charge in [-0.15, -0.1) is 45.3 Å². The zero-order valence-electron chi connectivity index (χ0n) is 45.0. The van der Waals surface area contributed by atoms with E-state index in [4.69, 9.17) is 0 Å². The Morgan fingerprint density at radius 3 is 1.02 bits per heavy atom. The zero-order chi connectivity index (χ0) is 49.6. The summed E-state index contributed by atoms with van der Waals surface area (Å²) in [5.74, 6) is 0. The maximum Gasteiger partial charge on any atom is 0.0909 e. The molecule has 65 heavy (non-hydrogen) atoms. The third-order valence-corrected chi connectivity index (χ3v) is 14.6. The van der Waals surface area contributed by atoms with Crippen LogP contribution in [0.1, 0.15) is 151 Å². The largest absolute Gasteiger partial charge is 0.378 e. The molecule has 4 aromatic heterocycles. The monoisotopic (exact) mass is 953 g/mol. The molecule has 0 atom stereocenters. The minimum atomic E-state index is 0.988. The number of nitrogens with zero attached hydrogens (tertiary/aromatic N) is 2. The molecule has 358 valence electrons. The molecule has 4 heterocycles. The Morgan fingerprint density at radius 1 is 0.385 bits per heavy atom. The van der Waals surface area contributed by atoms with E-state index in [1.165, 1.54) is 118 Å². The van der Waals surface area contributed by atoms with Crippen molar-refractivity contribution in [1.29, 1.82) is 0 Å². The van der Waals surface area contributed by atoms with Crippen molar-refractivity contribution in [2.24, 2.45) is 0 Å². The molecular weight excluding hydrogens is 865 g/mol. The molecule has 0 bridgehead atoms. The zero-order valence-corrected chi connectivity index (χ0v) is 48.3.